The Hall–Kier alpha value is -1.68. The zero-order valence-electron chi connectivity index (χ0n) is 8.73. The van der Waals surface area contributed by atoms with Crippen LogP contribution in [0.15, 0.2) is 24.3 Å². The molecule has 0 aliphatic carbocycles. The first-order valence-electron chi connectivity index (χ1n) is 4.83. The molecule has 0 saturated carbocycles. The molecule has 0 atom stereocenters. The van der Waals surface area contributed by atoms with E-state index >= 15 is 0 Å². The minimum atomic E-state index is -0.518. The number of carbonyl (C=O) groups is 2. The molecule has 0 radical (unpaired) electrons. The zero-order chi connectivity index (χ0) is 11.4. The van der Waals surface area contributed by atoms with Gasteiger partial charge in [0.25, 0.3) is 5.91 Å². The van der Waals surface area contributed by atoms with E-state index in [0.29, 0.717) is 10.6 Å². The molecular weight excluding hydrogens is 194 g/mol. The second kappa shape index (κ2) is 4.70. The van der Waals surface area contributed by atoms with Gasteiger partial charge in [-0.2, -0.15) is 0 Å². The first-order chi connectivity index (χ1) is 7.20. The Morgan fingerprint density at radius 2 is 1.67 bits per heavy atom. The minimum absolute atomic E-state index is 0.238. The Morgan fingerprint density at radius 3 is 2.27 bits per heavy atom. The fraction of sp³-hybridized carbons (Fsp3) is 0.273. The summed E-state index contributed by atoms with van der Waals surface area (Å²) in [5.74, 6) is -0.757. The van der Waals surface area contributed by atoms with Crippen LogP contribution in [-0.4, -0.2) is 28.5 Å². The van der Waals surface area contributed by atoms with Crippen LogP contribution in [0.2, 0.25) is 0 Å². The maximum absolute atomic E-state index is 11.3. The van der Waals surface area contributed by atoms with E-state index in [1.165, 1.54) is 6.07 Å². The number of fused-ring (bicyclic) bond motifs is 1. The number of ketones is 1. The van der Waals surface area contributed by atoms with E-state index < -0.39 is 5.91 Å². The maximum Gasteiger partial charge on any atom is 0.278 e. The lowest BCUT2D eigenvalue weighted by molar-refractivity contribution is -0.0539. The number of amides is 1. The fourth-order valence-corrected chi connectivity index (χ4v) is 1.34. The highest BCUT2D eigenvalue weighted by Gasteiger charge is 2.28. The summed E-state index contributed by atoms with van der Waals surface area (Å²) in [7, 11) is 0. The van der Waals surface area contributed by atoms with Crippen LogP contribution in [0.4, 0.5) is 0 Å². The van der Waals surface area contributed by atoms with Crippen LogP contribution in [0, 0.1) is 0 Å². The van der Waals surface area contributed by atoms with E-state index in [0.717, 1.165) is 0 Å². The summed E-state index contributed by atoms with van der Waals surface area (Å²) >= 11 is 0. The average molecular weight is 207 g/mol. The van der Waals surface area contributed by atoms with Crippen molar-refractivity contribution in [3.63, 3.8) is 0 Å². The van der Waals surface area contributed by atoms with Gasteiger partial charge in [0.2, 0.25) is 0 Å². The molecule has 0 spiro atoms. The van der Waals surface area contributed by atoms with Gasteiger partial charge in [-0.15, -0.1) is 0 Å². The van der Waals surface area contributed by atoms with Gasteiger partial charge >= 0.3 is 0 Å². The third-order valence-electron chi connectivity index (χ3n) is 1.99. The SMILES string of the molecule is CC.O=C1CN(O)C(=O)c2ccccc21. The first-order valence-corrected chi connectivity index (χ1v) is 4.83. The molecule has 2 rings (SSSR count). The van der Waals surface area contributed by atoms with E-state index in [9.17, 15) is 9.59 Å². The van der Waals surface area contributed by atoms with Gasteiger partial charge in [0.05, 0.1) is 5.56 Å². The lowest BCUT2D eigenvalue weighted by Gasteiger charge is -2.21. The van der Waals surface area contributed by atoms with Gasteiger partial charge in [0.1, 0.15) is 6.54 Å². The molecule has 0 fully saturated rings. The third kappa shape index (κ3) is 2.05. The zero-order valence-corrected chi connectivity index (χ0v) is 8.73. The van der Waals surface area contributed by atoms with Crippen molar-refractivity contribution in [3.8, 4) is 0 Å². The molecular formula is C11H13NO3. The standard InChI is InChI=1S/C9H7NO3.C2H6/c11-8-5-10(13)9(12)7-4-2-1-3-6(7)8;1-2/h1-4,13H,5H2;1-2H3. The first kappa shape index (κ1) is 11.4. The van der Waals surface area contributed by atoms with E-state index in [-0.39, 0.29) is 17.9 Å². The predicted octanol–water partition coefficient (Wildman–Crippen LogP) is 1.74. The highest BCUT2D eigenvalue weighted by Crippen LogP contribution is 2.16. The Labute approximate surface area is 88.1 Å². The molecule has 0 unspecified atom stereocenters. The van der Waals surface area contributed by atoms with Crippen molar-refractivity contribution in [2.45, 2.75) is 13.8 Å². The Kier molecular flexibility index (Phi) is 3.57. The monoisotopic (exact) mass is 207 g/mol. The van der Waals surface area contributed by atoms with Crippen molar-refractivity contribution in [2.24, 2.45) is 0 Å². The highest BCUT2D eigenvalue weighted by molar-refractivity contribution is 6.13. The van der Waals surface area contributed by atoms with Crippen molar-refractivity contribution >= 4 is 11.7 Å². The van der Waals surface area contributed by atoms with E-state index in [1.54, 1.807) is 18.2 Å². The molecule has 1 aliphatic rings. The van der Waals surface area contributed by atoms with Crippen molar-refractivity contribution in [3.05, 3.63) is 35.4 Å². The van der Waals surface area contributed by atoms with Crippen LogP contribution in [0.1, 0.15) is 34.6 Å². The number of hydrogen-bond acceptors (Lipinski definition) is 3. The van der Waals surface area contributed by atoms with Gasteiger partial charge in [-0.3, -0.25) is 14.8 Å². The van der Waals surface area contributed by atoms with Gasteiger partial charge in [0, 0.05) is 5.56 Å². The molecule has 4 nitrogen and oxygen atoms in total. The molecule has 0 aromatic heterocycles. The summed E-state index contributed by atoms with van der Waals surface area (Å²) in [6, 6.07) is 6.46. The number of Topliss-reactive ketones (excluding diaryl/α,β-unsaturated/α-hetero) is 1. The largest absolute Gasteiger partial charge is 0.292 e. The van der Waals surface area contributed by atoms with E-state index in [1.807, 2.05) is 13.8 Å². The van der Waals surface area contributed by atoms with Crippen LogP contribution in [0.5, 0.6) is 0 Å². The summed E-state index contributed by atoms with van der Waals surface area (Å²) in [5.41, 5.74) is 0.652. The van der Waals surface area contributed by atoms with E-state index in [2.05, 4.69) is 0 Å². The van der Waals surface area contributed by atoms with Crippen molar-refractivity contribution in [2.75, 3.05) is 6.54 Å². The number of hydrogen-bond donors (Lipinski definition) is 1. The van der Waals surface area contributed by atoms with Crippen molar-refractivity contribution in [1.29, 1.82) is 0 Å². The number of carbonyl (C=O) groups excluding carboxylic acids is 2. The lowest BCUT2D eigenvalue weighted by Crippen LogP contribution is -2.38. The second-order valence-corrected chi connectivity index (χ2v) is 2.83. The van der Waals surface area contributed by atoms with Crippen LogP contribution in [0.3, 0.4) is 0 Å². The van der Waals surface area contributed by atoms with Gasteiger partial charge in [0.15, 0.2) is 5.78 Å². The topological polar surface area (TPSA) is 57.6 Å². The summed E-state index contributed by atoms with van der Waals surface area (Å²) in [5, 5.41) is 9.49. The van der Waals surface area contributed by atoms with Gasteiger partial charge < -0.3 is 0 Å². The Balaban J connectivity index is 0.000000531. The molecule has 1 aromatic carbocycles. The molecule has 0 saturated heterocycles. The second-order valence-electron chi connectivity index (χ2n) is 2.83. The molecule has 0 bridgehead atoms. The Morgan fingerprint density at radius 1 is 1.13 bits per heavy atom. The molecule has 1 aromatic rings. The van der Waals surface area contributed by atoms with Crippen LogP contribution in [0.25, 0.3) is 0 Å². The molecule has 1 N–H and O–H groups in total. The summed E-state index contributed by atoms with van der Waals surface area (Å²) in [4.78, 5) is 22.6. The highest BCUT2D eigenvalue weighted by atomic mass is 16.5. The minimum Gasteiger partial charge on any atom is -0.292 e. The molecule has 1 amide bonds. The predicted molar refractivity (Wildman–Crippen MR) is 54.9 cm³/mol. The lowest BCUT2D eigenvalue weighted by atomic mass is 9.99. The number of rotatable bonds is 0. The molecule has 4 heteroatoms. The van der Waals surface area contributed by atoms with Crippen LogP contribution < -0.4 is 0 Å². The van der Waals surface area contributed by atoms with Gasteiger partial charge in [-0.05, 0) is 6.07 Å². The number of benzene rings is 1. The fourth-order valence-electron chi connectivity index (χ4n) is 1.34. The van der Waals surface area contributed by atoms with Gasteiger partial charge in [-0.25, -0.2) is 5.06 Å². The quantitative estimate of drug-likeness (QED) is 0.659. The van der Waals surface area contributed by atoms with Gasteiger partial charge in [-0.1, -0.05) is 32.0 Å². The van der Waals surface area contributed by atoms with E-state index in [4.69, 9.17) is 5.21 Å². The van der Waals surface area contributed by atoms with Crippen LogP contribution >= 0.6 is 0 Å². The maximum atomic E-state index is 11.3. The molecule has 1 aliphatic heterocycles. The molecule has 1 heterocycles. The van der Waals surface area contributed by atoms with Crippen molar-refractivity contribution in [1.82, 2.24) is 5.06 Å². The smallest absolute Gasteiger partial charge is 0.278 e. The molecule has 80 valence electrons. The summed E-state index contributed by atoms with van der Waals surface area (Å²) in [6.45, 7) is 3.75. The summed E-state index contributed by atoms with van der Waals surface area (Å²) < 4.78 is 0. The van der Waals surface area contributed by atoms with Crippen molar-refractivity contribution < 1.29 is 14.8 Å². The number of nitrogens with zero attached hydrogens (tertiary/aromatic N) is 1. The number of hydroxylamine groups is 2. The summed E-state index contributed by atoms with van der Waals surface area (Å²) in [6.07, 6.45) is 0. The molecule has 15 heavy (non-hydrogen) atoms. The van der Waals surface area contributed by atoms with Crippen LogP contribution in [-0.2, 0) is 0 Å². The average Bonchev–Trinajstić information content (AvgIpc) is 2.29. The Bertz CT molecular complexity index is 387. The third-order valence-corrected chi connectivity index (χ3v) is 1.99. The normalized spacial score (nSPS) is 14.2.